The minimum Gasteiger partial charge on any atom is -0.481 e. The number of nitrogens with two attached hydrogens (primary N) is 4. The van der Waals surface area contributed by atoms with E-state index in [0.717, 1.165) is 0 Å². The summed E-state index contributed by atoms with van der Waals surface area (Å²) in [4.78, 5) is 143. The summed E-state index contributed by atoms with van der Waals surface area (Å²) in [6.45, 7) is -1.09. The molecule has 1 rings (SSSR count). The van der Waals surface area contributed by atoms with Gasteiger partial charge in [-0.25, -0.2) is 9.78 Å². The monoisotopic (exact) mass is 871 g/mol. The number of aromatic nitrogens is 2. The number of carbonyl (C=O) groups excluding carboxylic acids is 9. The van der Waals surface area contributed by atoms with Crippen molar-refractivity contribution in [1.82, 2.24) is 47.2 Å². The Hall–Kier alpha value is -6.35. The third-order valence-corrected chi connectivity index (χ3v) is 8.60. The van der Waals surface area contributed by atoms with Gasteiger partial charge < -0.3 is 75.3 Å². The van der Waals surface area contributed by atoms with E-state index in [4.69, 9.17) is 28.0 Å². The Balaban J connectivity index is 3.07. The summed E-state index contributed by atoms with van der Waals surface area (Å²) in [6.07, 6.45) is 1.13. The lowest BCUT2D eigenvalue weighted by Gasteiger charge is -2.26. The molecule has 0 spiro atoms. The topological polar surface area (TPSA) is 445 Å². The Morgan fingerprint density at radius 1 is 0.667 bits per heavy atom. The lowest BCUT2D eigenvalue weighted by Crippen LogP contribution is -2.60. The number of H-pyrrole nitrogens is 1. The highest BCUT2D eigenvalue weighted by Gasteiger charge is 2.33. The van der Waals surface area contributed by atoms with Crippen LogP contribution in [-0.2, 0) is 59.2 Å². The van der Waals surface area contributed by atoms with Crippen molar-refractivity contribution in [3.63, 3.8) is 0 Å². The molecular weight excluding hydrogens is 819 g/mol. The molecule has 1 aromatic heterocycles. The summed E-state index contributed by atoms with van der Waals surface area (Å²) >= 11 is 4.08. The van der Waals surface area contributed by atoms with Gasteiger partial charge in [-0.3, -0.25) is 47.9 Å². The van der Waals surface area contributed by atoms with E-state index in [9.17, 15) is 57.8 Å². The van der Waals surface area contributed by atoms with E-state index in [0.29, 0.717) is 25.1 Å². The highest BCUT2D eigenvalue weighted by atomic mass is 32.1. The number of rotatable bonds is 30. The molecule has 0 fully saturated rings. The lowest BCUT2D eigenvalue weighted by molar-refractivity contribution is -0.143. The summed E-state index contributed by atoms with van der Waals surface area (Å²) in [5.74, 6) is -11.6. The zero-order valence-corrected chi connectivity index (χ0v) is 33.3. The molecule has 0 saturated heterocycles. The van der Waals surface area contributed by atoms with Crippen LogP contribution >= 0.6 is 12.6 Å². The molecule has 26 nitrogen and oxygen atoms in total. The fraction of sp³-hybridized carbons (Fsp3) is 0.576. The fourth-order valence-electron chi connectivity index (χ4n) is 5.02. The van der Waals surface area contributed by atoms with Crippen molar-refractivity contribution in [2.45, 2.75) is 94.0 Å². The maximum Gasteiger partial charge on any atom is 0.326 e. The molecule has 18 N–H and O–H groups in total. The van der Waals surface area contributed by atoms with Gasteiger partial charge in [0.05, 0.1) is 31.9 Å². The van der Waals surface area contributed by atoms with Crippen molar-refractivity contribution >= 4 is 77.7 Å². The molecular formula is C33H53N13O13S. The highest BCUT2D eigenvalue weighted by molar-refractivity contribution is 7.80. The molecule has 334 valence electrons. The number of carboxylic acid groups (broad SMARTS) is 2. The molecule has 0 aliphatic rings. The van der Waals surface area contributed by atoms with Crippen LogP contribution in [0.3, 0.4) is 0 Å². The van der Waals surface area contributed by atoms with Crippen LogP contribution in [0.1, 0.15) is 57.1 Å². The molecule has 0 aliphatic heterocycles. The minimum absolute atomic E-state index is 0.209. The summed E-state index contributed by atoms with van der Waals surface area (Å²) in [6, 6.07) is -8.72. The standard InChI is InChI=1S/C33H53N13O13S/c34-8-2-1-3-17(35)28(53)44-21(10-24(37)48)32(57)43-18(4-6-23(36)47)30(55)45-20(9-16-11-38-15-41-16)31(56)46-22(14-60)29(54)40-12-25(49)39-13-26(50)42-19(33(58)59)5-7-27(51)52/h11,15,17-22,60H,1-10,12-14,34-35H2,(H2,36,47)(H2,37,48)(H,38,41)(H,39,49)(H,40,54)(H,42,50)(H,43,57)(H,44,53)(H,45,55)(H,46,56)(H,51,52)(H,58,59)/t17-,18-,19-,20-,21-,22-/m0/s1. The molecule has 0 unspecified atom stereocenters. The first-order valence-electron chi connectivity index (χ1n) is 18.4. The zero-order chi connectivity index (χ0) is 45.4. The Labute approximate surface area is 348 Å². The molecule has 6 atom stereocenters. The van der Waals surface area contributed by atoms with Gasteiger partial charge in [0, 0.05) is 36.9 Å². The second kappa shape index (κ2) is 27.4. The number of thiol groups is 1. The first kappa shape index (κ1) is 51.7. The zero-order valence-electron chi connectivity index (χ0n) is 32.4. The number of amides is 9. The molecule has 1 aromatic rings. The smallest absolute Gasteiger partial charge is 0.326 e. The first-order valence-corrected chi connectivity index (χ1v) is 19.0. The normalized spacial score (nSPS) is 13.7. The molecule has 0 aliphatic carbocycles. The highest BCUT2D eigenvalue weighted by Crippen LogP contribution is 2.06. The molecule has 1 heterocycles. The average Bonchev–Trinajstić information content (AvgIpc) is 3.70. The number of aromatic amines is 1. The third kappa shape index (κ3) is 20.9. The molecule has 9 amide bonds. The van der Waals surface area contributed by atoms with Gasteiger partial charge in [-0.2, -0.15) is 12.6 Å². The van der Waals surface area contributed by atoms with Gasteiger partial charge in [-0.15, -0.1) is 0 Å². The second-order valence-electron chi connectivity index (χ2n) is 13.2. The SMILES string of the molecule is NCCCC[C@H](N)C(=O)N[C@@H](CC(N)=O)C(=O)N[C@@H](CCC(N)=O)C(=O)N[C@@H](Cc1cnc[nH]1)C(=O)N[C@@H](CS)C(=O)NCC(=O)NCC(=O)N[C@@H](CCC(=O)O)C(=O)O. The Morgan fingerprint density at radius 3 is 1.82 bits per heavy atom. The summed E-state index contributed by atoms with van der Waals surface area (Å²) in [5, 5.41) is 33.8. The fourth-order valence-corrected chi connectivity index (χ4v) is 5.28. The summed E-state index contributed by atoms with van der Waals surface area (Å²) in [5.41, 5.74) is 22.3. The van der Waals surface area contributed by atoms with Gasteiger partial charge in [0.1, 0.15) is 30.2 Å². The van der Waals surface area contributed by atoms with Crippen molar-refractivity contribution in [1.29, 1.82) is 0 Å². The number of hydrogen-bond donors (Lipinski definition) is 15. The lowest BCUT2D eigenvalue weighted by atomic mass is 10.1. The van der Waals surface area contributed by atoms with Gasteiger partial charge in [-0.1, -0.05) is 6.42 Å². The van der Waals surface area contributed by atoms with Crippen LogP contribution in [0.4, 0.5) is 0 Å². The van der Waals surface area contributed by atoms with Crippen molar-refractivity contribution in [3.05, 3.63) is 18.2 Å². The van der Waals surface area contributed by atoms with Crippen LogP contribution in [0.15, 0.2) is 12.5 Å². The molecule has 60 heavy (non-hydrogen) atoms. The van der Waals surface area contributed by atoms with E-state index >= 15 is 0 Å². The van der Waals surface area contributed by atoms with Crippen LogP contribution in [0.25, 0.3) is 0 Å². The van der Waals surface area contributed by atoms with Gasteiger partial charge in [-0.05, 0) is 32.2 Å². The largest absolute Gasteiger partial charge is 0.481 e. The van der Waals surface area contributed by atoms with Crippen molar-refractivity contribution < 1.29 is 63.0 Å². The maximum atomic E-state index is 13.7. The molecule has 0 saturated carbocycles. The number of unbranched alkanes of at least 4 members (excludes halogenated alkanes) is 1. The number of carbonyl (C=O) groups is 11. The van der Waals surface area contributed by atoms with Gasteiger partial charge in [0.25, 0.3) is 0 Å². The predicted octanol–water partition coefficient (Wildman–Crippen LogP) is -6.92. The molecule has 0 aromatic carbocycles. The van der Waals surface area contributed by atoms with Gasteiger partial charge in [0.15, 0.2) is 0 Å². The van der Waals surface area contributed by atoms with E-state index in [1.807, 2.05) is 0 Å². The van der Waals surface area contributed by atoms with Crippen LogP contribution in [0, 0.1) is 0 Å². The number of nitrogens with one attached hydrogen (secondary N) is 8. The summed E-state index contributed by atoms with van der Waals surface area (Å²) in [7, 11) is 0. The molecule has 27 heteroatoms. The predicted molar refractivity (Wildman–Crippen MR) is 209 cm³/mol. The minimum atomic E-state index is -1.60. The van der Waals surface area contributed by atoms with Crippen molar-refractivity contribution in [2.75, 3.05) is 25.4 Å². The van der Waals surface area contributed by atoms with E-state index in [1.165, 1.54) is 12.5 Å². The van der Waals surface area contributed by atoms with Gasteiger partial charge >= 0.3 is 11.9 Å². The van der Waals surface area contributed by atoms with Crippen LogP contribution < -0.4 is 60.2 Å². The molecule has 0 bridgehead atoms. The van der Waals surface area contributed by atoms with Crippen molar-refractivity contribution in [3.8, 4) is 0 Å². The molecule has 0 radical (unpaired) electrons. The Morgan fingerprint density at radius 2 is 1.25 bits per heavy atom. The second-order valence-corrected chi connectivity index (χ2v) is 13.5. The van der Waals surface area contributed by atoms with E-state index in [1.54, 1.807) is 0 Å². The number of carboxylic acids is 2. The first-order chi connectivity index (χ1) is 28.3. The van der Waals surface area contributed by atoms with E-state index in [-0.39, 0.29) is 18.6 Å². The number of hydrogen-bond acceptors (Lipinski definition) is 15. The average molecular weight is 872 g/mol. The van der Waals surface area contributed by atoms with Crippen LogP contribution in [-0.4, -0.2) is 147 Å². The number of aliphatic carboxylic acids is 2. The number of imidazole rings is 1. The number of nitrogens with zero attached hydrogens (tertiary/aromatic N) is 1. The van der Waals surface area contributed by atoms with E-state index < -0.39 is 147 Å². The van der Waals surface area contributed by atoms with Crippen molar-refractivity contribution in [2.24, 2.45) is 22.9 Å². The van der Waals surface area contributed by atoms with E-state index in [2.05, 4.69) is 59.8 Å². The summed E-state index contributed by atoms with van der Waals surface area (Å²) < 4.78 is 0. The maximum absolute atomic E-state index is 13.7. The quantitative estimate of drug-likeness (QED) is 0.0252. The van der Waals surface area contributed by atoms with Crippen LogP contribution in [0.5, 0.6) is 0 Å². The Bertz CT molecular complexity index is 1680. The van der Waals surface area contributed by atoms with Crippen LogP contribution in [0.2, 0.25) is 0 Å². The third-order valence-electron chi connectivity index (χ3n) is 8.23. The Kier molecular flexibility index (Phi) is 23.6. The van der Waals surface area contributed by atoms with Gasteiger partial charge in [0.2, 0.25) is 53.2 Å². The number of primary amides is 2.